The van der Waals surface area contributed by atoms with Crippen LogP contribution in [0.15, 0.2) is 30.3 Å². The molecule has 2 aromatic rings. The first-order valence-corrected chi connectivity index (χ1v) is 15.4. The van der Waals surface area contributed by atoms with Gasteiger partial charge in [-0.1, -0.05) is 46.4 Å². The molecule has 2 N–H and O–H groups in total. The number of halogens is 4. The van der Waals surface area contributed by atoms with Crippen LogP contribution < -0.4 is 5.32 Å². The minimum absolute atomic E-state index is 0. The summed E-state index contributed by atoms with van der Waals surface area (Å²) in [6, 6.07) is 8.87. The molecule has 0 saturated carbocycles. The van der Waals surface area contributed by atoms with Crippen molar-refractivity contribution in [2.45, 2.75) is 37.5 Å². The van der Waals surface area contributed by atoms with E-state index in [9.17, 15) is 14.7 Å². The van der Waals surface area contributed by atoms with E-state index in [-0.39, 0.29) is 31.4 Å². The van der Waals surface area contributed by atoms with Crippen molar-refractivity contribution in [2.24, 2.45) is 0 Å². The SMILES string of the molecule is CN1CCN(C(=O)c2c(Cl)cc(NC3CN(C4CCN(C(=O)[C@@](C)(O)c5cc(Cl)cc(Cl)c5)CC4)C3)cc2Cl)CC1.S. The van der Waals surface area contributed by atoms with Gasteiger partial charge in [0.25, 0.3) is 11.8 Å². The topological polar surface area (TPSA) is 79.4 Å². The van der Waals surface area contributed by atoms with E-state index in [0.29, 0.717) is 63.4 Å². The maximum Gasteiger partial charge on any atom is 0.258 e. The van der Waals surface area contributed by atoms with Crippen LogP contribution in [0.5, 0.6) is 0 Å². The Kier molecular flexibility index (Phi) is 10.9. The van der Waals surface area contributed by atoms with Crippen LogP contribution in [0.2, 0.25) is 20.1 Å². The summed E-state index contributed by atoms with van der Waals surface area (Å²) in [6.45, 7) is 7.30. The molecule has 5 rings (SSSR count). The molecule has 0 radical (unpaired) electrons. The van der Waals surface area contributed by atoms with Crippen LogP contribution in [-0.4, -0.2) is 108 Å². The van der Waals surface area contributed by atoms with Gasteiger partial charge >= 0.3 is 0 Å². The van der Waals surface area contributed by atoms with Crippen molar-refractivity contribution in [2.75, 3.05) is 64.7 Å². The Morgan fingerprint density at radius 3 is 1.95 bits per heavy atom. The average Bonchev–Trinajstić information content (AvgIpc) is 2.89. The summed E-state index contributed by atoms with van der Waals surface area (Å²) in [5.41, 5.74) is -0.170. The first-order valence-electron chi connectivity index (χ1n) is 13.9. The number of likely N-dealkylation sites (tertiary alicyclic amines) is 2. The van der Waals surface area contributed by atoms with Crippen molar-refractivity contribution in [3.05, 3.63) is 61.5 Å². The molecule has 0 aromatic heterocycles. The van der Waals surface area contributed by atoms with Gasteiger partial charge in [-0.25, -0.2) is 0 Å². The number of aliphatic hydroxyl groups is 1. The molecular weight excluding hydrogens is 640 g/mol. The number of amides is 2. The largest absolute Gasteiger partial charge is 0.380 e. The second-order valence-electron chi connectivity index (χ2n) is 11.5. The Bertz CT molecular complexity index is 1270. The zero-order chi connectivity index (χ0) is 29.5. The molecule has 0 unspecified atom stereocenters. The van der Waals surface area contributed by atoms with Gasteiger partial charge in [0, 0.05) is 74.1 Å². The molecule has 3 heterocycles. The molecule has 0 spiro atoms. The number of nitrogens with one attached hydrogen (secondary N) is 1. The van der Waals surface area contributed by atoms with Crippen molar-refractivity contribution in [3.63, 3.8) is 0 Å². The fourth-order valence-electron chi connectivity index (χ4n) is 5.87. The minimum atomic E-state index is -1.71. The molecule has 3 aliphatic rings. The predicted molar refractivity (Wildman–Crippen MR) is 175 cm³/mol. The van der Waals surface area contributed by atoms with Crippen LogP contribution in [0.25, 0.3) is 0 Å². The van der Waals surface area contributed by atoms with Crippen molar-refractivity contribution >= 4 is 77.4 Å². The van der Waals surface area contributed by atoms with Crippen molar-refractivity contribution in [3.8, 4) is 0 Å². The molecule has 8 nitrogen and oxygen atoms in total. The van der Waals surface area contributed by atoms with Gasteiger partial charge in [-0.2, -0.15) is 13.5 Å². The Morgan fingerprint density at radius 2 is 1.40 bits per heavy atom. The van der Waals surface area contributed by atoms with Gasteiger partial charge in [-0.15, -0.1) is 0 Å². The number of anilines is 1. The first-order chi connectivity index (χ1) is 19.4. The summed E-state index contributed by atoms with van der Waals surface area (Å²) < 4.78 is 0. The molecule has 2 amide bonds. The Balaban J connectivity index is 0.00000405. The van der Waals surface area contributed by atoms with E-state index in [1.54, 1.807) is 40.1 Å². The fourth-order valence-corrected chi connectivity index (χ4v) is 7.04. The smallest absolute Gasteiger partial charge is 0.258 e. The number of hydrogen-bond acceptors (Lipinski definition) is 6. The number of piperidine rings is 1. The molecule has 3 saturated heterocycles. The van der Waals surface area contributed by atoms with Crippen LogP contribution in [0, 0.1) is 0 Å². The molecule has 0 bridgehead atoms. The average molecular weight is 678 g/mol. The highest BCUT2D eigenvalue weighted by molar-refractivity contribution is 7.59. The van der Waals surface area contributed by atoms with E-state index >= 15 is 0 Å². The number of hydrogen-bond donors (Lipinski definition) is 2. The number of piperazine rings is 1. The highest BCUT2D eigenvalue weighted by Crippen LogP contribution is 2.33. The van der Waals surface area contributed by atoms with Crippen molar-refractivity contribution < 1.29 is 14.7 Å². The van der Waals surface area contributed by atoms with E-state index in [1.807, 2.05) is 7.05 Å². The highest BCUT2D eigenvalue weighted by atomic mass is 35.5. The van der Waals surface area contributed by atoms with Crippen LogP contribution in [0.3, 0.4) is 0 Å². The van der Waals surface area contributed by atoms with E-state index in [1.165, 1.54) is 6.92 Å². The molecule has 3 aliphatic heterocycles. The molecule has 230 valence electrons. The monoisotopic (exact) mass is 675 g/mol. The lowest BCUT2D eigenvalue weighted by atomic mass is 9.92. The zero-order valence-corrected chi connectivity index (χ0v) is 27.7. The van der Waals surface area contributed by atoms with Crippen LogP contribution >= 0.6 is 59.9 Å². The molecule has 0 aliphatic carbocycles. The van der Waals surface area contributed by atoms with Crippen molar-refractivity contribution in [1.29, 1.82) is 0 Å². The standard InChI is InChI=1S/C29H35Cl4N5O3.H2S/c1-29(41,18-11-19(30)13-20(31)12-18)28(40)37-5-3-23(4-6-37)38-16-22(17-38)34-21-14-24(32)26(25(33)15-21)27(39)36-9-7-35(2)8-10-36;/h11-15,22-23,34,41H,3-10,16-17H2,1-2H3;1H2/t29-;/m0./s1. The molecular formula is C29H37Cl4N5O3S. The number of nitrogens with zero attached hydrogens (tertiary/aromatic N) is 4. The predicted octanol–water partition coefficient (Wildman–Crippen LogP) is 4.80. The van der Waals surface area contributed by atoms with Gasteiger partial charge < -0.3 is 25.1 Å². The summed E-state index contributed by atoms with van der Waals surface area (Å²) in [5, 5.41) is 16.0. The molecule has 13 heteroatoms. The third-order valence-corrected chi connectivity index (χ3v) is 9.47. The number of carbonyl (C=O) groups is 2. The minimum Gasteiger partial charge on any atom is -0.380 e. The maximum absolute atomic E-state index is 13.2. The molecule has 2 aromatic carbocycles. The quantitative estimate of drug-likeness (QED) is 0.458. The van der Waals surface area contributed by atoms with Crippen LogP contribution in [0.1, 0.15) is 35.7 Å². The van der Waals surface area contributed by atoms with Crippen LogP contribution in [0.4, 0.5) is 5.69 Å². The maximum atomic E-state index is 13.2. The van der Waals surface area contributed by atoms with Gasteiger partial charge in [0.05, 0.1) is 21.7 Å². The van der Waals surface area contributed by atoms with Gasteiger partial charge in [0.2, 0.25) is 0 Å². The second kappa shape index (κ2) is 13.7. The Labute approximate surface area is 274 Å². The third kappa shape index (κ3) is 7.26. The summed E-state index contributed by atoms with van der Waals surface area (Å²) in [7, 11) is 2.04. The Morgan fingerprint density at radius 1 is 0.857 bits per heavy atom. The Hall–Kier alpha value is -1.43. The summed E-state index contributed by atoms with van der Waals surface area (Å²) in [6.07, 6.45) is 1.65. The van der Waals surface area contributed by atoms with E-state index in [0.717, 1.165) is 44.7 Å². The summed E-state index contributed by atoms with van der Waals surface area (Å²) in [4.78, 5) is 34.4. The number of carbonyl (C=O) groups excluding carboxylic acids is 2. The molecule has 1 atom stereocenters. The first kappa shape index (κ1) is 33.5. The second-order valence-corrected chi connectivity index (χ2v) is 13.1. The van der Waals surface area contributed by atoms with Gasteiger partial charge in [0.15, 0.2) is 5.60 Å². The summed E-state index contributed by atoms with van der Waals surface area (Å²) >= 11 is 25.3. The lowest BCUT2D eigenvalue weighted by molar-refractivity contribution is -0.152. The third-order valence-electron chi connectivity index (χ3n) is 8.44. The normalized spacial score (nSPS) is 20.5. The number of benzene rings is 2. The van der Waals surface area contributed by atoms with E-state index < -0.39 is 5.60 Å². The number of rotatable bonds is 6. The van der Waals surface area contributed by atoms with E-state index in [2.05, 4.69) is 15.1 Å². The highest BCUT2D eigenvalue weighted by Gasteiger charge is 2.40. The fraction of sp³-hybridized carbons (Fsp3) is 0.517. The van der Waals surface area contributed by atoms with E-state index in [4.69, 9.17) is 46.4 Å². The van der Waals surface area contributed by atoms with Gasteiger partial charge in [-0.3, -0.25) is 14.5 Å². The van der Waals surface area contributed by atoms with Crippen molar-refractivity contribution in [1.82, 2.24) is 19.6 Å². The van der Waals surface area contributed by atoms with Crippen LogP contribution in [-0.2, 0) is 10.4 Å². The lowest BCUT2D eigenvalue weighted by Crippen LogP contribution is -2.61. The zero-order valence-electron chi connectivity index (χ0n) is 23.7. The lowest BCUT2D eigenvalue weighted by Gasteiger charge is -2.48. The van der Waals surface area contributed by atoms with Gasteiger partial charge in [0.1, 0.15) is 0 Å². The number of likely N-dealkylation sites (N-methyl/N-ethyl adjacent to an activating group) is 1. The summed E-state index contributed by atoms with van der Waals surface area (Å²) in [5.74, 6) is -0.474. The molecule has 42 heavy (non-hydrogen) atoms. The van der Waals surface area contributed by atoms with Gasteiger partial charge in [-0.05, 0) is 62.7 Å². The molecule has 3 fully saturated rings.